The number of hydrogen-bond donors (Lipinski definition) is 3. The van der Waals surface area contributed by atoms with Gasteiger partial charge in [0.2, 0.25) is 5.91 Å². The number of non-ortho nitro benzene ring substituents is 1. The molecule has 0 fully saturated rings. The molecule has 3 aromatic rings. The van der Waals surface area contributed by atoms with E-state index in [1.807, 2.05) is 6.07 Å². The summed E-state index contributed by atoms with van der Waals surface area (Å²) in [5.74, 6) is -0.652. The fraction of sp³-hybridized carbons (Fsp3) is 0.0417. The molecule has 0 unspecified atom stereocenters. The van der Waals surface area contributed by atoms with Crippen molar-refractivity contribution in [2.75, 3.05) is 11.9 Å². The predicted molar refractivity (Wildman–Crippen MR) is 126 cm³/mol. The van der Waals surface area contributed by atoms with Gasteiger partial charge in [-0.05, 0) is 24.3 Å². The number of nitro groups is 1. The molecule has 1 aliphatic heterocycles. The second kappa shape index (κ2) is 9.76. The van der Waals surface area contributed by atoms with Crippen LogP contribution in [0.1, 0.15) is 11.1 Å². The number of aromatic hydroxyl groups is 1. The minimum Gasteiger partial charge on any atom is -0.507 e. The number of anilines is 1. The largest absolute Gasteiger partial charge is 0.507 e. The molecule has 10 heteroatoms. The number of nitro benzene ring substituents is 1. The second-order valence-corrected chi connectivity index (χ2v) is 7.22. The fourth-order valence-electron chi connectivity index (χ4n) is 3.22. The van der Waals surface area contributed by atoms with Gasteiger partial charge in [0.05, 0.1) is 11.5 Å². The molecule has 170 valence electrons. The van der Waals surface area contributed by atoms with E-state index in [2.05, 4.69) is 15.7 Å². The van der Waals surface area contributed by atoms with Crippen molar-refractivity contribution < 1.29 is 19.6 Å². The van der Waals surface area contributed by atoms with Gasteiger partial charge in [-0.15, -0.1) is 0 Å². The lowest BCUT2D eigenvalue weighted by molar-refractivity contribution is -0.384. The number of amides is 2. The molecule has 0 saturated carbocycles. The quantitative estimate of drug-likeness (QED) is 0.283. The van der Waals surface area contributed by atoms with Crippen molar-refractivity contribution in [3.8, 4) is 5.75 Å². The molecule has 34 heavy (non-hydrogen) atoms. The highest BCUT2D eigenvalue weighted by Gasteiger charge is 2.31. The molecular weight excluding hydrogens is 438 g/mol. The Hall–Kier alpha value is -4.83. The summed E-state index contributed by atoms with van der Waals surface area (Å²) in [4.78, 5) is 40.2. The van der Waals surface area contributed by atoms with E-state index in [9.17, 15) is 24.8 Å². The zero-order valence-corrected chi connectivity index (χ0v) is 17.7. The van der Waals surface area contributed by atoms with E-state index in [-0.39, 0.29) is 23.7 Å². The monoisotopic (exact) mass is 457 g/mol. The molecule has 0 radical (unpaired) electrons. The van der Waals surface area contributed by atoms with Gasteiger partial charge in [-0.2, -0.15) is 0 Å². The van der Waals surface area contributed by atoms with Crippen LogP contribution in [-0.4, -0.2) is 39.2 Å². The van der Waals surface area contributed by atoms with Crippen LogP contribution in [0.25, 0.3) is 6.08 Å². The molecule has 2 amide bonds. The van der Waals surface area contributed by atoms with Gasteiger partial charge in [0.15, 0.2) is 5.84 Å². The minimum absolute atomic E-state index is 0.00754. The number of benzene rings is 3. The minimum atomic E-state index is -0.531. The van der Waals surface area contributed by atoms with Crippen molar-refractivity contribution in [1.82, 2.24) is 10.4 Å². The summed E-state index contributed by atoms with van der Waals surface area (Å²) >= 11 is 0. The first-order valence-corrected chi connectivity index (χ1v) is 10.2. The topological polar surface area (TPSA) is 137 Å². The molecule has 1 aliphatic rings. The Morgan fingerprint density at radius 1 is 1.03 bits per heavy atom. The Morgan fingerprint density at radius 3 is 2.38 bits per heavy atom. The lowest BCUT2D eigenvalue weighted by Gasteiger charge is -2.19. The maximum absolute atomic E-state index is 13.1. The first-order chi connectivity index (χ1) is 16.4. The number of amidine groups is 1. The van der Waals surface area contributed by atoms with Crippen LogP contribution in [-0.2, 0) is 9.59 Å². The fourth-order valence-corrected chi connectivity index (χ4v) is 3.22. The van der Waals surface area contributed by atoms with E-state index < -0.39 is 16.7 Å². The van der Waals surface area contributed by atoms with Crippen LogP contribution in [0.2, 0.25) is 0 Å². The number of aliphatic imine (C=N–C) groups is 1. The lowest BCUT2D eigenvalue weighted by atomic mass is 10.1. The summed E-state index contributed by atoms with van der Waals surface area (Å²) in [5.41, 5.74) is 4.24. The van der Waals surface area contributed by atoms with E-state index in [1.165, 1.54) is 41.4 Å². The lowest BCUT2D eigenvalue weighted by Crippen LogP contribution is -2.47. The highest BCUT2D eigenvalue weighted by Crippen LogP contribution is 2.24. The summed E-state index contributed by atoms with van der Waals surface area (Å²) in [6.45, 7) is -0.265. The SMILES string of the molecule is O=C(CNN1C(=O)/C(=C/c2ccccc2O)N=C1c1ccccc1)Nc1ccc([N+](=O)[O-])cc1. The van der Waals surface area contributed by atoms with E-state index in [0.29, 0.717) is 22.6 Å². The van der Waals surface area contributed by atoms with Gasteiger partial charge in [0.1, 0.15) is 11.4 Å². The smallest absolute Gasteiger partial charge is 0.292 e. The number of nitrogens with zero attached hydrogens (tertiary/aromatic N) is 3. The Kier molecular flexibility index (Phi) is 6.42. The first-order valence-electron chi connectivity index (χ1n) is 10.2. The summed E-state index contributed by atoms with van der Waals surface area (Å²) in [5, 5.41) is 24.6. The van der Waals surface area contributed by atoms with Crippen LogP contribution in [0, 0.1) is 10.1 Å². The second-order valence-electron chi connectivity index (χ2n) is 7.22. The number of carbonyl (C=O) groups excluding carboxylic acids is 2. The molecule has 4 rings (SSSR count). The summed E-state index contributed by atoms with van der Waals surface area (Å²) in [7, 11) is 0. The predicted octanol–water partition coefficient (Wildman–Crippen LogP) is 3.07. The Balaban J connectivity index is 1.52. The Bertz CT molecular complexity index is 1300. The van der Waals surface area contributed by atoms with E-state index in [0.717, 1.165) is 0 Å². The van der Waals surface area contributed by atoms with E-state index in [4.69, 9.17) is 0 Å². The van der Waals surface area contributed by atoms with Crippen molar-refractivity contribution in [1.29, 1.82) is 0 Å². The number of rotatable bonds is 7. The summed E-state index contributed by atoms with van der Waals surface area (Å²) in [6, 6.07) is 20.9. The molecule has 0 spiro atoms. The number of carbonyl (C=O) groups is 2. The van der Waals surface area contributed by atoms with Gasteiger partial charge in [-0.25, -0.2) is 15.4 Å². The van der Waals surface area contributed by atoms with Crippen LogP contribution in [0.3, 0.4) is 0 Å². The molecule has 3 aromatic carbocycles. The number of para-hydroxylation sites is 1. The number of nitrogens with one attached hydrogen (secondary N) is 2. The molecular formula is C24H19N5O5. The highest BCUT2D eigenvalue weighted by molar-refractivity contribution is 6.19. The maximum atomic E-state index is 13.1. The molecule has 3 N–H and O–H groups in total. The summed E-state index contributed by atoms with van der Waals surface area (Å²) < 4.78 is 0. The Labute approximate surface area is 194 Å². The molecule has 0 atom stereocenters. The third-order valence-electron chi connectivity index (χ3n) is 4.88. The van der Waals surface area contributed by atoms with Crippen LogP contribution in [0.5, 0.6) is 5.75 Å². The van der Waals surface area contributed by atoms with Crippen molar-refractivity contribution in [2.24, 2.45) is 4.99 Å². The zero-order valence-electron chi connectivity index (χ0n) is 17.7. The van der Waals surface area contributed by atoms with Crippen LogP contribution in [0.4, 0.5) is 11.4 Å². The van der Waals surface area contributed by atoms with Gasteiger partial charge in [0, 0.05) is 28.9 Å². The average molecular weight is 457 g/mol. The van der Waals surface area contributed by atoms with Crippen LogP contribution < -0.4 is 10.7 Å². The first kappa shape index (κ1) is 22.4. The molecule has 0 bridgehead atoms. The third kappa shape index (κ3) is 4.97. The van der Waals surface area contributed by atoms with Gasteiger partial charge in [-0.1, -0.05) is 48.5 Å². The van der Waals surface area contributed by atoms with Crippen molar-refractivity contribution in [3.05, 3.63) is 106 Å². The van der Waals surface area contributed by atoms with Crippen molar-refractivity contribution in [2.45, 2.75) is 0 Å². The molecule has 10 nitrogen and oxygen atoms in total. The maximum Gasteiger partial charge on any atom is 0.292 e. The zero-order chi connectivity index (χ0) is 24.1. The Morgan fingerprint density at radius 2 is 1.71 bits per heavy atom. The van der Waals surface area contributed by atoms with E-state index in [1.54, 1.807) is 42.5 Å². The average Bonchev–Trinajstić information content (AvgIpc) is 3.15. The van der Waals surface area contributed by atoms with Crippen LogP contribution in [0.15, 0.2) is 89.6 Å². The number of hydrogen-bond acceptors (Lipinski definition) is 7. The van der Waals surface area contributed by atoms with Gasteiger partial charge >= 0.3 is 0 Å². The summed E-state index contributed by atoms with van der Waals surface area (Å²) in [6.07, 6.45) is 1.47. The standard InChI is InChI=1S/C24H19N5O5/c30-21-9-5-4-8-17(21)14-20-24(32)28(23(27-20)16-6-2-1-3-7-16)25-15-22(31)26-18-10-12-19(13-11-18)29(33)34/h1-14,25,30H,15H2,(H,26,31)/b20-14-. The van der Waals surface area contributed by atoms with Crippen molar-refractivity contribution in [3.63, 3.8) is 0 Å². The number of phenolic OH excluding ortho intramolecular Hbond substituents is 1. The molecule has 0 saturated heterocycles. The third-order valence-corrected chi connectivity index (χ3v) is 4.88. The highest BCUT2D eigenvalue weighted by atomic mass is 16.6. The molecule has 0 aromatic heterocycles. The molecule has 1 heterocycles. The van der Waals surface area contributed by atoms with Crippen LogP contribution >= 0.6 is 0 Å². The van der Waals surface area contributed by atoms with Gasteiger partial charge in [0.25, 0.3) is 11.6 Å². The van der Waals surface area contributed by atoms with Crippen molar-refractivity contribution >= 4 is 35.1 Å². The van der Waals surface area contributed by atoms with E-state index >= 15 is 0 Å². The number of hydrazine groups is 1. The molecule has 0 aliphatic carbocycles. The van der Waals surface area contributed by atoms with Gasteiger partial charge in [-0.3, -0.25) is 19.7 Å². The van der Waals surface area contributed by atoms with Gasteiger partial charge < -0.3 is 10.4 Å². The number of phenols is 1. The normalized spacial score (nSPS) is 14.2.